The molecule has 0 aromatic heterocycles. The van der Waals surface area contributed by atoms with Crippen molar-refractivity contribution in [3.8, 4) is 5.75 Å². The predicted octanol–water partition coefficient (Wildman–Crippen LogP) is 2.67. The first-order valence-corrected chi connectivity index (χ1v) is 5.52. The van der Waals surface area contributed by atoms with E-state index in [1.54, 1.807) is 0 Å². The quantitative estimate of drug-likeness (QED) is 0.733. The summed E-state index contributed by atoms with van der Waals surface area (Å²) in [5.74, 6) is 1.32. The highest BCUT2D eigenvalue weighted by Gasteiger charge is 2.56. The smallest absolute Gasteiger partial charge is 0.127 e. The van der Waals surface area contributed by atoms with Crippen LogP contribution in [0.2, 0.25) is 0 Å². The van der Waals surface area contributed by atoms with Crippen LogP contribution >= 0.6 is 0 Å². The molecule has 0 amide bonds. The minimum Gasteiger partial charge on any atom is -0.507 e. The van der Waals surface area contributed by atoms with Crippen LogP contribution in [0, 0.1) is 12.8 Å². The fourth-order valence-electron chi connectivity index (χ4n) is 2.58. The van der Waals surface area contributed by atoms with Crippen molar-refractivity contribution in [1.29, 1.82) is 0 Å². The van der Waals surface area contributed by atoms with Crippen molar-refractivity contribution < 1.29 is 5.11 Å². The van der Waals surface area contributed by atoms with Gasteiger partial charge in [0.25, 0.3) is 0 Å². The molecule has 0 radical (unpaired) electrons. The first-order valence-electron chi connectivity index (χ1n) is 5.52. The van der Waals surface area contributed by atoms with Gasteiger partial charge in [-0.2, -0.15) is 0 Å². The zero-order chi connectivity index (χ0) is 10.5. The molecule has 1 aromatic carbocycles. The van der Waals surface area contributed by atoms with Crippen LogP contribution in [-0.4, -0.2) is 16.9 Å². The van der Waals surface area contributed by atoms with Gasteiger partial charge in [-0.15, -0.1) is 0 Å². The van der Waals surface area contributed by atoms with Crippen LogP contribution in [0.3, 0.4) is 0 Å². The van der Waals surface area contributed by atoms with E-state index in [1.807, 2.05) is 31.3 Å². The largest absolute Gasteiger partial charge is 0.507 e. The van der Waals surface area contributed by atoms with Crippen LogP contribution in [0.15, 0.2) is 23.2 Å². The highest BCUT2D eigenvalue weighted by molar-refractivity contribution is 5.84. The first kappa shape index (κ1) is 8.96. The van der Waals surface area contributed by atoms with E-state index in [9.17, 15) is 5.11 Å². The lowest BCUT2D eigenvalue weighted by Crippen LogP contribution is -2.56. The molecule has 3 aliphatic carbocycles. The van der Waals surface area contributed by atoms with Gasteiger partial charge in [0.15, 0.2) is 0 Å². The molecule has 3 fully saturated rings. The number of nitrogens with zero attached hydrogens (tertiary/aromatic N) is 1. The maximum absolute atomic E-state index is 9.81. The summed E-state index contributed by atoms with van der Waals surface area (Å²) in [5, 5.41) is 9.81. The second-order valence-corrected chi connectivity index (χ2v) is 4.97. The Labute approximate surface area is 89.7 Å². The number of benzene rings is 1. The van der Waals surface area contributed by atoms with Gasteiger partial charge in [-0.1, -0.05) is 12.1 Å². The van der Waals surface area contributed by atoms with Gasteiger partial charge in [-0.25, -0.2) is 0 Å². The Hall–Kier alpha value is -1.31. The molecule has 0 atom stereocenters. The summed E-state index contributed by atoms with van der Waals surface area (Å²) in [6.45, 7) is 1.91. The van der Waals surface area contributed by atoms with E-state index in [2.05, 4.69) is 4.99 Å². The molecule has 2 nitrogen and oxygen atoms in total. The standard InChI is InChI=1S/C13H15NO/c1-9-3-2-4-11(12(9)15)8-14-13-5-10(6-13)7-13/h2-4,8,10,15H,5-7H2,1H3. The number of hydrogen-bond donors (Lipinski definition) is 1. The SMILES string of the molecule is Cc1cccc(C=NC23CC(C2)C3)c1O. The number of rotatable bonds is 2. The van der Waals surface area contributed by atoms with Gasteiger partial charge in [0.05, 0.1) is 5.54 Å². The zero-order valence-corrected chi connectivity index (χ0v) is 8.90. The van der Waals surface area contributed by atoms with E-state index in [4.69, 9.17) is 0 Å². The molecular formula is C13H15NO. The topological polar surface area (TPSA) is 32.6 Å². The van der Waals surface area contributed by atoms with Crippen molar-refractivity contribution in [2.24, 2.45) is 10.9 Å². The normalized spacial score (nSPS) is 32.5. The molecule has 0 spiro atoms. The number of para-hydroxylation sites is 1. The molecule has 1 aromatic rings. The maximum Gasteiger partial charge on any atom is 0.127 e. The van der Waals surface area contributed by atoms with E-state index in [1.165, 1.54) is 19.3 Å². The van der Waals surface area contributed by atoms with Gasteiger partial charge in [-0.05, 0) is 43.7 Å². The Morgan fingerprint density at radius 1 is 1.40 bits per heavy atom. The average Bonchev–Trinajstić information content (AvgIpc) is 2.07. The molecule has 3 aliphatic rings. The molecule has 3 saturated carbocycles. The number of aryl methyl sites for hydroxylation is 1. The fourth-order valence-corrected chi connectivity index (χ4v) is 2.58. The summed E-state index contributed by atoms with van der Waals surface area (Å²) in [6.07, 6.45) is 5.62. The van der Waals surface area contributed by atoms with Crippen molar-refractivity contribution in [3.05, 3.63) is 29.3 Å². The molecule has 2 bridgehead atoms. The third-order valence-corrected chi connectivity index (χ3v) is 3.75. The van der Waals surface area contributed by atoms with Crippen LogP contribution in [0.5, 0.6) is 5.75 Å². The second kappa shape index (κ2) is 2.84. The van der Waals surface area contributed by atoms with Gasteiger partial charge >= 0.3 is 0 Å². The minimum absolute atomic E-state index is 0.265. The molecule has 0 saturated heterocycles. The fraction of sp³-hybridized carbons (Fsp3) is 0.462. The van der Waals surface area contributed by atoms with Gasteiger partial charge in [0, 0.05) is 11.8 Å². The van der Waals surface area contributed by atoms with E-state index in [0.717, 1.165) is 17.0 Å². The number of aliphatic imine (C=N–C) groups is 1. The van der Waals surface area contributed by atoms with E-state index < -0.39 is 0 Å². The Morgan fingerprint density at radius 2 is 2.13 bits per heavy atom. The van der Waals surface area contributed by atoms with Crippen molar-refractivity contribution in [3.63, 3.8) is 0 Å². The van der Waals surface area contributed by atoms with Crippen molar-refractivity contribution in [2.75, 3.05) is 0 Å². The Balaban J connectivity index is 1.84. The monoisotopic (exact) mass is 201 g/mol. The molecule has 15 heavy (non-hydrogen) atoms. The maximum atomic E-state index is 9.81. The molecule has 0 unspecified atom stereocenters. The van der Waals surface area contributed by atoms with Gasteiger partial charge < -0.3 is 5.11 Å². The highest BCUT2D eigenvalue weighted by Crippen LogP contribution is 2.59. The third kappa shape index (κ3) is 1.28. The predicted molar refractivity (Wildman–Crippen MR) is 60.5 cm³/mol. The van der Waals surface area contributed by atoms with Crippen LogP contribution in [0.1, 0.15) is 30.4 Å². The highest BCUT2D eigenvalue weighted by atomic mass is 16.3. The van der Waals surface area contributed by atoms with Crippen molar-refractivity contribution in [1.82, 2.24) is 0 Å². The lowest BCUT2D eigenvalue weighted by molar-refractivity contribution is -0.0141. The van der Waals surface area contributed by atoms with E-state index in [-0.39, 0.29) is 5.54 Å². The molecule has 0 aliphatic heterocycles. The van der Waals surface area contributed by atoms with Gasteiger partial charge in [-0.3, -0.25) is 4.99 Å². The van der Waals surface area contributed by atoms with Gasteiger partial charge in [0.1, 0.15) is 5.75 Å². The van der Waals surface area contributed by atoms with Crippen molar-refractivity contribution in [2.45, 2.75) is 31.7 Å². The lowest BCUT2D eigenvalue weighted by atomic mass is 9.50. The number of aromatic hydroxyl groups is 1. The zero-order valence-electron chi connectivity index (χ0n) is 8.90. The van der Waals surface area contributed by atoms with Crippen LogP contribution in [0.4, 0.5) is 0 Å². The summed E-state index contributed by atoms with van der Waals surface area (Å²) in [4.78, 5) is 4.61. The molecule has 78 valence electrons. The molecule has 2 heteroatoms. The Morgan fingerprint density at radius 3 is 2.73 bits per heavy atom. The first-order chi connectivity index (χ1) is 7.19. The van der Waals surface area contributed by atoms with Gasteiger partial charge in [0.2, 0.25) is 0 Å². The van der Waals surface area contributed by atoms with Crippen LogP contribution in [-0.2, 0) is 0 Å². The summed E-state index contributed by atoms with van der Waals surface area (Å²) in [6, 6.07) is 5.78. The van der Waals surface area contributed by atoms with E-state index in [0.29, 0.717) is 5.75 Å². The number of phenolic OH excluding ortho intramolecular Hbond substituents is 1. The average molecular weight is 201 g/mol. The molecule has 4 rings (SSSR count). The minimum atomic E-state index is 0.265. The summed E-state index contributed by atoms with van der Waals surface area (Å²) >= 11 is 0. The van der Waals surface area contributed by atoms with Crippen LogP contribution in [0.25, 0.3) is 0 Å². The molecule has 0 heterocycles. The summed E-state index contributed by atoms with van der Waals surface area (Å²) < 4.78 is 0. The Bertz CT molecular complexity index is 419. The summed E-state index contributed by atoms with van der Waals surface area (Å²) in [5.41, 5.74) is 2.03. The summed E-state index contributed by atoms with van der Waals surface area (Å²) in [7, 11) is 0. The second-order valence-electron chi connectivity index (χ2n) is 4.97. The number of phenols is 1. The Kier molecular flexibility index (Phi) is 1.70. The van der Waals surface area contributed by atoms with E-state index >= 15 is 0 Å². The third-order valence-electron chi connectivity index (χ3n) is 3.75. The van der Waals surface area contributed by atoms with Crippen molar-refractivity contribution >= 4 is 6.21 Å². The molecule has 1 N–H and O–H groups in total. The van der Waals surface area contributed by atoms with Crippen LogP contribution < -0.4 is 0 Å². The lowest BCUT2D eigenvalue weighted by Gasteiger charge is -2.58. The number of hydrogen-bond acceptors (Lipinski definition) is 2. The molecular weight excluding hydrogens is 186 g/mol.